The van der Waals surface area contributed by atoms with Crippen molar-refractivity contribution in [3.05, 3.63) is 30.1 Å². The van der Waals surface area contributed by atoms with Gasteiger partial charge in [-0.1, -0.05) is 0 Å². The first kappa shape index (κ1) is 13.9. The molecule has 1 unspecified atom stereocenters. The van der Waals surface area contributed by atoms with Gasteiger partial charge in [-0.25, -0.2) is 4.98 Å². The molecule has 0 saturated carbocycles. The van der Waals surface area contributed by atoms with Crippen molar-refractivity contribution in [2.24, 2.45) is 0 Å². The zero-order valence-electron chi connectivity index (χ0n) is 10.7. The van der Waals surface area contributed by atoms with E-state index in [4.69, 9.17) is 5.11 Å². The lowest BCUT2D eigenvalue weighted by molar-refractivity contribution is 0.0935. The summed E-state index contributed by atoms with van der Waals surface area (Å²) in [7, 11) is 0. The highest BCUT2D eigenvalue weighted by Crippen LogP contribution is 2.12. The van der Waals surface area contributed by atoms with Gasteiger partial charge in [0.05, 0.1) is 17.4 Å². The number of nitrogens with zero attached hydrogens (tertiary/aromatic N) is 1. The van der Waals surface area contributed by atoms with E-state index in [0.29, 0.717) is 12.0 Å². The maximum absolute atomic E-state index is 12.1. The largest absolute Gasteiger partial charge is 0.396 e. The van der Waals surface area contributed by atoms with Crippen LogP contribution in [0.1, 0.15) is 16.8 Å². The third kappa shape index (κ3) is 3.48. The van der Waals surface area contributed by atoms with Crippen LogP contribution in [0.2, 0.25) is 0 Å². The standard InChI is InChI=1S/C13H17N3O2S/c1-19-7-10(4-5-17)16-13(18)9-2-3-11-12(6-9)15-8-14-11/h2-3,6,8,10,17H,4-5,7H2,1H3,(H,14,15)(H,16,18). The Labute approximate surface area is 115 Å². The van der Waals surface area contributed by atoms with E-state index in [2.05, 4.69) is 15.3 Å². The van der Waals surface area contributed by atoms with Crippen LogP contribution in [0, 0.1) is 0 Å². The monoisotopic (exact) mass is 279 g/mol. The molecule has 0 fully saturated rings. The third-order valence-corrected chi connectivity index (χ3v) is 3.60. The van der Waals surface area contributed by atoms with E-state index in [9.17, 15) is 4.79 Å². The first-order valence-corrected chi connectivity index (χ1v) is 7.47. The molecule has 19 heavy (non-hydrogen) atoms. The van der Waals surface area contributed by atoms with E-state index in [-0.39, 0.29) is 18.6 Å². The Kier molecular flexibility index (Phi) is 4.81. The number of fused-ring (bicyclic) bond motifs is 1. The Morgan fingerprint density at radius 1 is 1.58 bits per heavy atom. The average Bonchev–Trinajstić information content (AvgIpc) is 2.86. The Bertz CT molecular complexity index is 550. The van der Waals surface area contributed by atoms with Crippen LogP contribution in [0.3, 0.4) is 0 Å². The van der Waals surface area contributed by atoms with Gasteiger partial charge in [-0.2, -0.15) is 11.8 Å². The number of hydrogen-bond acceptors (Lipinski definition) is 4. The number of hydrogen-bond donors (Lipinski definition) is 3. The minimum absolute atomic E-state index is 0.00929. The number of aromatic amines is 1. The third-order valence-electron chi connectivity index (χ3n) is 2.86. The summed E-state index contributed by atoms with van der Waals surface area (Å²) in [6.45, 7) is 0.0745. The summed E-state index contributed by atoms with van der Waals surface area (Å²) < 4.78 is 0. The van der Waals surface area contributed by atoms with Crippen molar-refractivity contribution < 1.29 is 9.90 Å². The van der Waals surface area contributed by atoms with Crippen LogP contribution in [0.4, 0.5) is 0 Å². The normalized spacial score (nSPS) is 12.5. The van der Waals surface area contributed by atoms with Gasteiger partial charge < -0.3 is 15.4 Å². The van der Waals surface area contributed by atoms with Crippen LogP contribution in [-0.4, -0.2) is 45.6 Å². The second-order valence-electron chi connectivity index (χ2n) is 4.27. The van der Waals surface area contributed by atoms with Crippen LogP contribution in [0.15, 0.2) is 24.5 Å². The maximum atomic E-state index is 12.1. The molecule has 2 aromatic rings. The van der Waals surface area contributed by atoms with Crippen LogP contribution in [-0.2, 0) is 0 Å². The number of H-pyrrole nitrogens is 1. The molecule has 1 heterocycles. The Morgan fingerprint density at radius 3 is 3.16 bits per heavy atom. The number of aliphatic hydroxyl groups excluding tert-OH is 1. The number of thioether (sulfide) groups is 1. The van der Waals surface area contributed by atoms with E-state index >= 15 is 0 Å². The highest BCUT2D eigenvalue weighted by molar-refractivity contribution is 7.98. The smallest absolute Gasteiger partial charge is 0.251 e. The van der Waals surface area contributed by atoms with E-state index in [1.807, 2.05) is 12.3 Å². The van der Waals surface area contributed by atoms with Gasteiger partial charge in [-0.15, -0.1) is 0 Å². The molecule has 0 spiro atoms. The second-order valence-corrected chi connectivity index (χ2v) is 5.18. The number of carbonyl (C=O) groups excluding carboxylic acids is 1. The number of rotatable bonds is 6. The predicted molar refractivity (Wildman–Crippen MR) is 77.4 cm³/mol. The first-order chi connectivity index (χ1) is 9.24. The number of benzene rings is 1. The number of amides is 1. The fourth-order valence-electron chi connectivity index (χ4n) is 1.90. The number of aromatic nitrogens is 2. The number of imidazole rings is 1. The van der Waals surface area contributed by atoms with E-state index in [1.165, 1.54) is 0 Å². The zero-order chi connectivity index (χ0) is 13.7. The summed E-state index contributed by atoms with van der Waals surface area (Å²) >= 11 is 1.65. The molecule has 0 bridgehead atoms. The van der Waals surface area contributed by atoms with Crippen molar-refractivity contribution in [2.75, 3.05) is 18.6 Å². The molecular weight excluding hydrogens is 262 g/mol. The molecule has 102 valence electrons. The Morgan fingerprint density at radius 2 is 2.42 bits per heavy atom. The first-order valence-electron chi connectivity index (χ1n) is 6.08. The van der Waals surface area contributed by atoms with Gasteiger partial charge in [-0.05, 0) is 30.9 Å². The van der Waals surface area contributed by atoms with Crippen molar-refractivity contribution in [1.82, 2.24) is 15.3 Å². The van der Waals surface area contributed by atoms with Crippen molar-refractivity contribution in [3.63, 3.8) is 0 Å². The molecule has 5 nitrogen and oxygen atoms in total. The maximum Gasteiger partial charge on any atom is 0.251 e. The minimum Gasteiger partial charge on any atom is -0.396 e. The van der Waals surface area contributed by atoms with Crippen molar-refractivity contribution in [3.8, 4) is 0 Å². The summed E-state index contributed by atoms with van der Waals surface area (Å²) in [6.07, 6.45) is 4.15. The number of nitrogens with one attached hydrogen (secondary N) is 2. The van der Waals surface area contributed by atoms with Crippen molar-refractivity contribution >= 4 is 28.7 Å². The molecule has 1 aromatic heterocycles. The number of aliphatic hydroxyl groups is 1. The summed E-state index contributed by atoms with van der Waals surface area (Å²) in [6, 6.07) is 5.35. The summed E-state index contributed by atoms with van der Waals surface area (Å²) in [5.41, 5.74) is 2.28. The summed E-state index contributed by atoms with van der Waals surface area (Å²) in [5.74, 6) is 0.669. The average molecular weight is 279 g/mol. The lowest BCUT2D eigenvalue weighted by atomic mass is 10.1. The topological polar surface area (TPSA) is 78.0 Å². The molecule has 1 aromatic carbocycles. The van der Waals surface area contributed by atoms with Gasteiger partial charge in [0.2, 0.25) is 0 Å². The summed E-state index contributed by atoms with van der Waals surface area (Å²) in [5, 5.41) is 11.9. The molecule has 0 aliphatic carbocycles. The molecule has 0 saturated heterocycles. The lowest BCUT2D eigenvalue weighted by Crippen LogP contribution is -2.37. The van der Waals surface area contributed by atoms with Crippen molar-refractivity contribution in [2.45, 2.75) is 12.5 Å². The number of carbonyl (C=O) groups is 1. The van der Waals surface area contributed by atoms with E-state index < -0.39 is 0 Å². The minimum atomic E-state index is -0.121. The molecule has 0 radical (unpaired) electrons. The van der Waals surface area contributed by atoms with Crippen LogP contribution < -0.4 is 5.32 Å². The fourth-order valence-corrected chi connectivity index (χ4v) is 2.55. The van der Waals surface area contributed by atoms with Gasteiger partial charge in [0.1, 0.15) is 0 Å². The van der Waals surface area contributed by atoms with Gasteiger partial charge in [0.15, 0.2) is 0 Å². The Balaban J connectivity index is 2.09. The fraction of sp³-hybridized carbons (Fsp3) is 0.385. The second kappa shape index (κ2) is 6.58. The van der Waals surface area contributed by atoms with Crippen molar-refractivity contribution in [1.29, 1.82) is 0 Å². The molecule has 2 rings (SSSR count). The van der Waals surface area contributed by atoms with E-state index in [0.717, 1.165) is 16.8 Å². The highest BCUT2D eigenvalue weighted by Gasteiger charge is 2.13. The molecule has 6 heteroatoms. The van der Waals surface area contributed by atoms with Crippen LogP contribution >= 0.6 is 11.8 Å². The summed E-state index contributed by atoms with van der Waals surface area (Å²) in [4.78, 5) is 19.2. The van der Waals surface area contributed by atoms with Gasteiger partial charge in [0.25, 0.3) is 5.91 Å². The van der Waals surface area contributed by atoms with Crippen LogP contribution in [0.5, 0.6) is 0 Å². The Hall–Kier alpha value is -1.53. The molecule has 1 atom stereocenters. The van der Waals surface area contributed by atoms with Gasteiger partial charge >= 0.3 is 0 Å². The quantitative estimate of drug-likeness (QED) is 0.747. The molecule has 0 aliphatic heterocycles. The van der Waals surface area contributed by atoms with Crippen LogP contribution in [0.25, 0.3) is 11.0 Å². The molecule has 3 N–H and O–H groups in total. The van der Waals surface area contributed by atoms with Gasteiger partial charge in [0, 0.05) is 24.0 Å². The zero-order valence-corrected chi connectivity index (χ0v) is 11.5. The molecule has 0 aliphatic rings. The van der Waals surface area contributed by atoms with Gasteiger partial charge in [-0.3, -0.25) is 4.79 Å². The highest BCUT2D eigenvalue weighted by atomic mass is 32.2. The SMILES string of the molecule is CSCC(CCO)NC(=O)c1ccc2nc[nH]c2c1. The molecular formula is C13H17N3O2S. The lowest BCUT2D eigenvalue weighted by Gasteiger charge is -2.16. The predicted octanol–water partition coefficient (Wildman–Crippen LogP) is 1.41. The molecule has 1 amide bonds. The van der Waals surface area contributed by atoms with E-state index in [1.54, 1.807) is 30.2 Å².